The number of H-pyrrole nitrogens is 8. The van der Waals surface area contributed by atoms with E-state index in [1.54, 1.807) is 0 Å². The van der Waals surface area contributed by atoms with Crippen LogP contribution in [-0.2, 0) is 38.8 Å². The Bertz CT molecular complexity index is 5780. The zero-order valence-electron chi connectivity index (χ0n) is 82.1. The minimum absolute atomic E-state index is 0.643. The van der Waals surface area contributed by atoms with Gasteiger partial charge in [0.15, 0.2) is 0 Å². The minimum atomic E-state index is 0.643. The lowest BCUT2D eigenvalue weighted by atomic mass is 10.1. The molecule has 16 aromatic rings. The molecule has 0 saturated carbocycles. The topological polar surface area (TPSA) is 420 Å². The molecule has 0 amide bonds. The molecule has 0 atom stereocenters. The molecule has 16 rings (SSSR count). The number of likely N-dealkylation sites (N-methyl/N-ethyl adjacent to an activating group) is 1. The number of nitrogens with one attached hydrogen (secondary N) is 12. The molecule has 0 unspecified atom stereocenters. The summed E-state index contributed by atoms with van der Waals surface area (Å²) >= 11 is 0. The van der Waals surface area contributed by atoms with Gasteiger partial charge in [0, 0.05) is 192 Å². The predicted molar refractivity (Wildman–Crippen MR) is 556 cm³/mol. The summed E-state index contributed by atoms with van der Waals surface area (Å²) in [4.78, 5) is 57.8. The van der Waals surface area contributed by atoms with Crippen molar-refractivity contribution in [1.82, 2.24) is 121 Å². The van der Waals surface area contributed by atoms with Crippen molar-refractivity contribution in [3.63, 3.8) is 0 Å². The van der Waals surface area contributed by atoms with Crippen molar-refractivity contribution in [2.45, 2.75) is 51.6 Å². The fourth-order valence-corrected chi connectivity index (χ4v) is 12.1. The van der Waals surface area contributed by atoms with E-state index in [1.807, 2.05) is 323 Å². The van der Waals surface area contributed by atoms with Crippen LogP contribution in [0.4, 0.5) is 107 Å². The molecule has 720 valence electrons. The summed E-state index contributed by atoms with van der Waals surface area (Å²) in [6.07, 6.45) is 6.29. The number of hydrogen-bond acceptors (Lipinski definition) is 32. The summed E-state index contributed by atoms with van der Waals surface area (Å²) in [5.74, 6) is 11.4. The van der Waals surface area contributed by atoms with E-state index in [4.69, 9.17) is 0 Å². The first kappa shape index (κ1) is 103. The van der Waals surface area contributed by atoms with Crippen molar-refractivity contribution >= 4 is 107 Å². The molecule has 0 saturated heterocycles. The lowest BCUT2D eigenvalue weighted by molar-refractivity contribution is 0.768. The van der Waals surface area contributed by atoms with Crippen LogP contribution in [0, 0.1) is 0 Å². The van der Waals surface area contributed by atoms with Crippen LogP contribution in [0.15, 0.2) is 243 Å². The van der Waals surface area contributed by atoms with E-state index >= 15 is 0 Å². The van der Waals surface area contributed by atoms with Crippen molar-refractivity contribution in [3.05, 3.63) is 276 Å². The third-order valence-electron chi connectivity index (χ3n) is 19.8. The van der Waals surface area contributed by atoms with Gasteiger partial charge >= 0.3 is 0 Å². The Hall–Kier alpha value is -16.3. The Morgan fingerprint density at radius 3 is 0.890 bits per heavy atom. The Balaban J connectivity index is 0.000000174. The maximum atomic E-state index is 4.42. The first-order valence-electron chi connectivity index (χ1n) is 44.7. The number of hydrogen-bond donors (Lipinski definition) is 12. The van der Waals surface area contributed by atoms with Crippen LogP contribution in [0.1, 0.15) is 46.2 Å². The second-order valence-electron chi connectivity index (χ2n) is 32.8. The van der Waals surface area contributed by atoms with Crippen LogP contribution in [0.25, 0.3) is 0 Å². The highest BCUT2D eigenvalue weighted by atomic mass is 15.5. The fourth-order valence-electron chi connectivity index (χ4n) is 12.1. The molecule has 0 spiro atoms. The van der Waals surface area contributed by atoms with Crippen molar-refractivity contribution in [1.29, 1.82) is 0 Å². The monoisotopic (exact) mass is 1850 g/mol. The summed E-state index contributed by atoms with van der Waals surface area (Å²) in [5.41, 5.74) is 9.91. The highest BCUT2D eigenvalue weighted by Gasteiger charge is 2.16. The Kier molecular flexibility index (Phi) is 42.4. The summed E-state index contributed by atoms with van der Waals surface area (Å²) in [6.45, 7) is 5.14. The van der Waals surface area contributed by atoms with E-state index < -0.39 is 0 Å². The van der Waals surface area contributed by atoms with Gasteiger partial charge in [-0.3, -0.25) is 0 Å². The molecule has 12 N–H and O–H groups in total. The molecule has 0 aliphatic carbocycles. The van der Waals surface area contributed by atoms with Gasteiger partial charge in [-0.1, -0.05) is 218 Å². The molecule has 40 heteroatoms. The summed E-state index contributed by atoms with van der Waals surface area (Å²) in [7, 11) is 38.7. The molecule has 0 aliphatic rings. The van der Waals surface area contributed by atoms with Crippen molar-refractivity contribution in [2.75, 3.05) is 247 Å². The molecule has 0 fully saturated rings. The number of aryl methyl sites for hydroxylation is 2. The van der Waals surface area contributed by atoms with Gasteiger partial charge in [0.05, 0.1) is 0 Å². The maximum absolute atomic E-state index is 4.42. The fraction of sp³-hybridized carbons (Fsp3) is 0.333. The largest absolute Gasteiger partial charge is 0.355 e. The zero-order valence-corrected chi connectivity index (χ0v) is 82.1. The van der Waals surface area contributed by atoms with Gasteiger partial charge in [0.2, 0.25) is 95.2 Å². The van der Waals surface area contributed by atoms with Gasteiger partial charge in [-0.05, 0) is 96.2 Å². The Morgan fingerprint density at radius 2 is 0.507 bits per heavy atom. The summed E-state index contributed by atoms with van der Waals surface area (Å²) in [6, 6.07) is 82.1. The summed E-state index contributed by atoms with van der Waals surface area (Å²) < 4.78 is 0. The molecule has 8 aromatic carbocycles. The van der Waals surface area contributed by atoms with E-state index in [0.29, 0.717) is 65.4 Å². The molecular weight excluding hydrogens is 1710 g/mol. The number of nitrogens with zero attached hydrogens (tertiary/aromatic N) is 28. The van der Waals surface area contributed by atoms with Crippen LogP contribution >= 0.6 is 0 Å². The number of anilines is 18. The SMILES string of the molecule is CN(C)c1n[nH]c(N(C)CCCc2ccccc2)n1.CN(C)c1n[nH]c(N(C)CCc2ccccc2)n1.CN(C)c1n[nH]c(N(C)Cc2ccccc2)n1.CN(C)c1n[nH]c(N(C)c2ccccc2)n1.CN(C)c1n[nH]c(NCCCc2ccccc2)n1.CN(C)c1n[nH]c(NCCc2ccccc2)n1.CN(C)c1n[nH]c(NCc2ccccc2)n1.CN(C)c1n[nH]c(Nc2ccccc2)n1. The number of benzene rings is 8. The molecule has 0 radical (unpaired) electrons. The second-order valence-corrected chi connectivity index (χ2v) is 32.8. The van der Waals surface area contributed by atoms with Gasteiger partial charge in [-0.25, -0.2) is 40.8 Å². The van der Waals surface area contributed by atoms with E-state index in [9.17, 15) is 0 Å². The average molecular weight is 1850 g/mol. The van der Waals surface area contributed by atoms with Crippen molar-refractivity contribution in [3.8, 4) is 0 Å². The van der Waals surface area contributed by atoms with Crippen LogP contribution in [-0.4, -0.2) is 289 Å². The standard InChI is InChI=1S/C14H21N5.2C13H19N5.2C12H17N5.2C11H15N5.C10H13N5/c1-18(2)13-15-14(17-16-13)19(3)11-7-10-12-8-5-4-6-9-12;1-17(2)12-14-13(16-15-12)18(3)10-9-11-7-5-4-6-8-11;1-18(2)13-15-12(16-17-13)14-10-6-9-11-7-4-3-5-8-11;1-16(2)11-13-12(15-14-11)17(3)9-10-7-5-4-6-8-10;1-17(2)12-14-11(15-16-12)13-9-8-10-6-4-3-5-7-10;1-15(2)10-12-11(14-13-10)16(3)9-7-5-4-6-8-9;1-16(2)11-13-10(14-15-11)12-8-9-6-4-3-5-7-9;1-15(2)10-12-9(13-14-10)11-8-6-4-3-5-7-8/h4-6,8-9H,7,10-11H2,1-3H3,(H,15,16,17);4-8H,9-10H2,1-3H3,(H,14,15,16);3-5,7-8H,6,9-10H2,1-2H3,(H2,14,15,16,17);4-8H,9H2,1-3H3,(H,13,14,15);3-7H,8-9H2,1-2H3,(H2,13,14,15,16);4-8H,1-3H3,(H,12,13,14);3-7H,8H2,1-2H3,(H2,12,13,14,15);3-7H,1-2H3,(H2,11,12,13,14). The second kappa shape index (κ2) is 55.8. The van der Waals surface area contributed by atoms with E-state index in [0.717, 1.165) is 119 Å². The third-order valence-corrected chi connectivity index (χ3v) is 19.8. The van der Waals surface area contributed by atoms with E-state index in [1.165, 1.54) is 33.4 Å². The highest BCUT2D eigenvalue weighted by Crippen LogP contribution is 2.23. The lowest BCUT2D eigenvalue weighted by Gasteiger charge is -2.15. The summed E-state index contributed by atoms with van der Waals surface area (Å²) in [5, 5.41) is 68.7. The minimum Gasteiger partial charge on any atom is -0.355 e. The molecule has 0 bridgehead atoms. The smallest absolute Gasteiger partial charge is 0.245 e. The van der Waals surface area contributed by atoms with Gasteiger partial charge < -0.3 is 80.1 Å². The van der Waals surface area contributed by atoms with Gasteiger partial charge in [-0.15, -0.1) is 40.8 Å². The van der Waals surface area contributed by atoms with Gasteiger partial charge in [0.1, 0.15) is 0 Å². The number of aromatic nitrogens is 24. The quantitative estimate of drug-likeness (QED) is 0.0162. The maximum Gasteiger partial charge on any atom is 0.245 e. The average Bonchev–Trinajstić information content (AvgIpc) is 1.38. The third kappa shape index (κ3) is 36.8. The van der Waals surface area contributed by atoms with Gasteiger partial charge in [-0.2, -0.15) is 39.9 Å². The number of aromatic amines is 8. The Labute approximate surface area is 798 Å². The van der Waals surface area contributed by atoms with Gasteiger partial charge in [0.25, 0.3) is 0 Å². The molecule has 8 aromatic heterocycles. The van der Waals surface area contributed by atoms with Crippen LogP contribution < -0.4 is 80.1 Å². The number of para-hydroxylation sites is 2. The first-order valence-corrected chi connectivity index (χ1v) is 44.7. The number of rotatable bonds is 36. The van der Waals surface area contributed by atoms with E-state index in [2.05, 4.69) is 262 Å². The van der Waals surface area contributed by atoms with Crippen LogP contribution in [0.3, 0.4) is 0 Å². The van der Waals surface area contributed by atoms with Crippen LogP contribution in [0.5, 0.6) is 0 Å². The van der Waals surface area contributed by atoms with E-state index in [-0.39, 0.29) is 0 Å². The molecular formula is C96H136N40. The molecule has 8 heterocycles. The molecule has 40 nitrogen and oxygen atoms in total. The first-order chi connectivity index (χ1) is 65.7. The molecule has 136 heavy (non-hydrogen) atoms. The zero-order chi connectivity index (χ0) is 97.4. The molecule has 0 aliphatic heterocycles. The van der Waals surface area contributed by atoms with Crippen LogP contribution in [0.2, 0.25) is 0 Å². The predicted octanol–water partition coefficient (Wildman–Crippen LogP) is 13.2. The lowest BCUT2D eigenvalue weighted by Crippen LogP contribution is -2.21. The van der Waals surface area contributed by atoms with Crippen molar-refractivity contribution in [2.24, 2.45) is 0 Å². The Morgan fingerprint density at radius 1 is 0.228 bits per heavy atom. The highest BCUT2D eigenvalue weighted by molar-refractivity contribution is 5.57. The van der Waals surface area contributed by atoms with Crippen molar-refractivity contribution < 1.29 is 0 Å². The normalized spacial score (nSPS) is 10.3.